The summed E-state index contributed by atoms with van der Waals surface area (Å²) in [7, 11) is 0. The number of aryl methyl sites for hydroxylation is 1. The van der Waals surface area contributed by atoms with E-state index in [9.17, 15) is 0 Å². The molecule has 4 bridgehead atoms. The maximum atomic E-state index is 6.07. The molecule has 4 fully saturated rings. The van der Waals surface area contributed by atoms with Crippen LogP contribution in [0.5, 0.6) is 0 Å². The summed E-state index contributed by atoms with van der Waals surface area (Å²) in [5.74, 6) is 2.94. The third kappa shape index (κ3) is 1.97. The largest absolute Gasteiger partial charge is 0.111 e. The Morgan fingerprint density at radius 1 is 1.10 bits per heavy atom. The van der Waals surface area contributed by atoms with Gasteiger partial charge in [0.15, 0.2) is 0 Å². The zero-order valence-corrected chi connectivity index (χ0v) is 13.6. The normalized spacial score (nSPS) is 38.2. The molecule has 0 heterocycles. The predicted molar refractivity (Wildman–Crippen MR) is 88.6 cm³/mol. The van der Waals surface area contributed by atoms with Crippen molar-refractivity contribution in [2.24, 2.45) is 17.8 Å². The summed E-state index contributed by atoms with van der Waals surface area (Å²) in [6.45, 7) is 2.26. The lowest BCUT2D eigenvalue weighted by Crippen LogP contribution is -2.48. The number of thiocarbonyl (C=S) groups is 1. The monoisotopic (exact) mass is 304 g/mol. The number of hydrogen-bond acceptors (Lipinski definition) is 1. The quantitative estimate of drug-likeness (QED) is 0.522. The van der Waals surface area contributed by atoms with Crippen molar-refractivity contribution in [1.29, 1.82) is 0 Å². The first-order chi connectivity index (χ1) is 9.56. The Bertz CT molecular complexity index is 539. The molecule has 1 aromatic rings. The maximum absolute atomic E-state index is 6.07. The summed E-state index contributed by atoms with van der Waals surface area (Å²) in [5.41, 5.74) is 4.47. The van der Waals surface area contributed by atoms with E-state index in [0.717, 1.165) is 23.3 Å². The lowest BCUT2D eigenvalue weighted by molar-refractivity contribution is -0.00546. The van der Waals surface area contributed by atoms with Gasteiger partial charge in [-0.2, -0.15) is 0 Å². The van der Waals surface area contributed by atoms with Crippen molar-refractivity contribution in [3.63, 3.8) is 0 Å². The van der Waals surface area contributed by atoms with Gasteiger partial charge < -0.3 is 0 Å². The molecule has 0 saturated heterocycles. The zero-order valence-electron chi connectivity index (χ0n) is 12.0. The molecule has 20 heavy (non-hydrogen) atoms. The fraction of sp³-hybridized carbons (Fsp3) is 0.611. The molecule has 5 rings (SSSR count). The standard InChI is InChI=1S/C18H21ClS/c1-11-2-3-15(17(19)20)7-16(11)18-8-12-4-13(9-18)6-14(5-12)10-18/h2-3,7,12-14H,4-6,8-10H2,1H3. The molecule has 0 aromatic heterocycles. The molecule has 1 aromatic carbocycles. The molecular formula is C18H21ClS. The van der Waals surface area contributed by atoms with Gasteiger partial charge in [0, 0.05) is 5.56 Å². The maximum Gasteiger partial charge on any atom is 0.111 e. The van der Waals surface area contributed by atoms with E-state index in [-0.39, 0.29) is 0 Å². The van der Waals surface area contributed by atoms with Crippen LogP contribution in [0.25, 0.3) is 0 Å². The van der Waals surface area contributed by atoms with Gasteiger partial charge in [0.25, 0.3) is 0 Å². The molecule has 4 saturated carbocycles. The van der Waals surface area contributed by atoms with E-state index in [4.69, 9.17) is 23.8 Å². The van der Waals surface area contributed by atoms with Crippen LogP contribution in [-0.4, -0.2) is 4.32 Å². The average molecular weight is 305 g/mol. The van der Waals surface area contributed by atoms with Crippen molar-refractivity contribution in [2.45, 2.75) is 50.9 Å². The smallest absolute Gasteiger partial charge is 0.0709 e. The van der Waals surface area contributed by atoms with Crippen LogP contribution in [0.3, 0.4) is 0 Å². The molecule has 4 aliphatic rings. The first-order valence-electron chi connectivity index (χ1n) is 7.87. The number of hydrogen-bond donors (Lipinski definition) is 0. The minimum Gasteiger partial charge on any atom is -0.0709 e. The second-order valence-electron chi connectivity index (χ2n) is 7.50. The van der Waals surface area contributed by atoms with Crippen molar-refractivity contribution < 1.29 is 0 Å². The Labute approximate surface area is 131 Å². The van der Waals surface area contributed by atoms with E-state index < -0.39 is 0 Å². The Kier molecular flexibility index (Phi) is 3.02. The fourth-order valence-corrected chi connectivity index (χ4v) is 6.00. The van der Waals surface area contributed by atoms with Crippen molar-refractivity contribution >= 4 is 28.1 Å². The van der Waals surface area contributed by atoms with Crippen LogP contribution in [0.4, 0.5) is 0 Å². The summed E-state index contributed by atoms with van der Waals surface area (Å²) in [6, 6.07) is 6.60. The third-order valence-corrected chi connectivity index (χ3v) is 6.53. The summed E-state index contributed by atoms with van der Waals surface area (Å²) in [5, 5.41) is 0. The molecule has 0 unspecified atom stereocenters. The number of benzene rings is 1. The first kappa shape index (κ1) is 13.3. The molecule has 0 amide bonds. The van der Waals surface area contributed by atoms with Crippen LogP contribution in [0, 0.1) is 24.7 Å². The molecule has 2 heteroatoms. The van der Waals surface area contributed by atoms with Crippen LogP contribution in [0.2, 0.25) is 0 Å². The summed E-state index contributed by atoms with van der Waals surface area (Å²) in [4.78, 5) is 0. The van der Waals surface area contributed by atoms with Crippen LogP contribution in [0.1, 0.15) is 55.2 Å². The fourth-order valence-electron chi connectivity index (χ4n) is 5.76. The molecule has 0 atom stereocenters. The van der Waals surface area contributed by atoms with Gasteiger partial charge in [-0.1, -0.05) is 36.0 Å². The van der Waals surface area contributed by atoms with Crippen LogP contribution in [0.15, 0.2) is 18.2 Å². The van der Waals surface area contributed by atoms with E-state index >= 15 is 0 Å². The molecule has 0 radical (unpaired) electrons. The van der Waals surface area contributed by atoms with Gasteiger partial charge in [-0.15, -0.1) is 0 Å². The van der Waals surface area contributed by atoms with Crippen molar-refractivity contribution in [3.05, 3.63) is 34.9 Å². The number of halogens is 1. The van der Waals surface area contributed by atoms with Crippen LogP contribution >= 0.6 is 23.8 Å². The highest BCUT2D eigenvalue weighted by Gasteiger charge is 2.51. The van der Waals surface area contributed by atoms with Crippen LogP contribution in [-0.2, 0) is 5.41 Å². The van der Waals surface area contributed by atoms with Gasteiger partial charge in [-0.05, 0) is 85.8 Å². The summed E-state index contributed by atoms with van der Waals surface area (Å²) in [6.07, 6.45) is 8.68. The minimum atomic E-state index is 0.441. The van der Waals surface area contributed by atoms with Crippen molar-refractivity contribution in [3.8, 4) is 0 Å². The number of rotatable bonds is 2. The molecule has 0 nitrogen and oxygen atoms in total. The zero-order chi connectivity index (χ0) is 13.9. The lowest BCUT2D eigenvalue weighted by Gasteiger charge is -2.57. The summed E-state index contributed by atoms with van der Waals surface area (Å²) >= 11 is 11.2. The van der Waals surface area contributed by atoms with Crippen molar-refractivity contribution in [2.75, 3.05) is 0 Å². The Balaban J connectivity index is 1.80. The van der Waals surface area contributed by atoms with E-state index in [0.29, 0.717) is 9.74 Å². The van der Waals surface area contributed by atoms with E-state index in [1.807, 2.05) is 0 Å². The molecule has 106 valence electrons. The van der Waals surface area contributed by atoms with Gasteiger partial charge in [0.05, 0.1) is 0 Å². The second kappa shape index (κ2) is 4.55. The Hall–Kier alpha value is -0.400. The molecule has 0 N–H and O–H groups in total. The second-order valence-corrected chi connectivity index (χ2v) is 8.51. The SMILES string of the molecule is Cc1ccc(C(=S)Cl)cc1C12CC3CC(CC(C3)C1)C2. The molecule has 0 aliphatic heterocycles. The molecule has 0 spiro atoms. The van der Waals surface area contributed by atoms with E-state index in [2.05, 4.69) is 25.1 Å². The van der Waals surface area contributed by atoms with Gasteiger partial charge in [-0.3, -0.25) is 0 Å². The van der Waals surface area contributed by atoms with Gasteiger partial charge >= 0.3 is 0 Å². The first-order valence-corrected chi connectivity index (χ1v) is 8.65. The molecular weight excluding hydrogens is 284 g/mol. The van der Waals surface area contributed by atoms with E-state index in [1.165, 1.54) is 44.1 Å². The van der Waals surface area contributed by atoms with Gasteiger partial charge in [0.1, 0.15) is 4.32 Å². The Morgan fingerprint density at radius 3 is 2.15 bits per heavy atom. The third-order valence-electron chi connectivity index (χ3n) is 6.07. The van der Waals surface area contributed by atoms with Gasteiger partial charge in [0.2, 0.25) is 0 Å². The van der Waals surface area contributed by atoms with Crippen molar-refractivity contribution in [1.82, 2.24) is 0 Å². The molecule has 4 aliphatic carbocycles. The van der Waals surface area contributed by atoms with Gasteiger partial charge in [-0.25, -0.2) is 0 Å². The Morgan fingerprint density at radius 2 is 1.65 bits per heavy atom. The average Bonchev–Trinajstić information content (AvgIpc) is 2.37. The predicted octanol–water partition coefficient (Wildman–Crippen LogP) is 5.38. The highest BCUT2D eigenvalue weighted by molar-refractivity contribution is 7.83. The highest BCUT2D eigenvalue weighted by atomic mass is 35.5. The minimum absolute atomic E-state index is 0.441. The summed E-state index contributed by atoms with van der Waals surface area (Å²) < 4.78 is 0.510. The lowest BCUT2D eigenvalue weighted by atomic mass is 9.47. The topological polar surface area (TPSA) is 0 Å². The highest BCUT2D eigenvalue weighted by Crippen LogP contribution is 2.61. The van der Waals surface area contributed by atoms with Crippen LogP contribution < -0.4 is 0 Å². The van der Waals surface area contributed by atoms with E-state index in [1.54, 1.807) is 5.56 Å².